The first-order valence-corrected chi connectivity index (χ1v) is 5.02. The highest BCUT2D eigenvalue weighted by Gasteiger charge is 2.32. The molecule has 0 heterocycles. The van der Waals surface area contributed by atoms with E-state index in [1.54, 1.807) is 13.8 Å². The summed E-state index contributed by atoms with van der Waals surface area (Å²) in [7, 11) is 0. The van der Waals surface area contributed by atoms with Gasteiger partial charge in [-0.1, -0.05) is 27.2 Å². The van der Waals surface area contributed by atoms with Gasteiger partial charge in [0.05, 0.1) is 6.61 Å². The predicted octanol–water partition coefficient (Wildman–Crippen LogP) is 0.282. The van der Waals surface area contributed by atoms with Crippen molar-refractivity contribution in [1.29, 1.82) is 0 Å². The second-order valence-electron chi connectivity index (χ2n) is 4.19. The van der Waals surface area contributed by atoms with Gasteiger partial charge >= 0.3 is 0 Å². The lowest BCUT2D eigenvalue weighted by molar-refractivity contribution is -0.137. The van der Waals surface area contributed by atoms with E-state index in [1.807, 2.05) is 6.92 Å². The highest BCUT2D eigenvalue weighted by Crippen LogP contribution is 2.19. The second kappa shape index (κ2) is 5.98. The van der Waals surface area contributed by atoms with E-state index in [4.69, 9.17) is 5.11 Å². The van der Waals surface area contributed by atoms with Crippen LogP contribution in [0.15, 0.2) is 0 Å². The number of carbonyl (C=O) groups excluding carboxylic acids is 1. The molecule has 14 heavy (non-hydrogen) atoms. The SMILES string of the molecule is CCCCNC(=O)[C@@H](O)C(C)(C)CO. The van der Waals surface area contributed by atoms with Crippen LogP contribution in [-0.2, 0) is 4.79 Å². The molecule has 0 aromatic carbocycles. The maximum absolute atomic E-state index is 11.4. The van der Waals surface area contributed by atoms with Gasteiger partial charge in [0.2, 0.25) is 5.91 Å². The van der Waals surface area contributed by atoms with Crippen molar-refractivity contribution >= 4 is 5.91 Å². The van der Waals surface area contributed by atoms with Crippen LogP contribution < -0.4 is 5.32 Å². The summed E-state index contributed by atoms with van der Waals surface area (Å²) in [6.45, 7) is 5.69. The Kier molecular flexibility index (Phi) is 5.72. The summed E-state index contributed by atoms with van der Waals surface area (Å²) in [4.78, 5) is 11.4. The average molecular weight is 203 g/mol. The quantitative estimate of drug-likeness (QED) is 0.543. The van der Waals surface area contributed by atoms with Gasteiger partial charge in [-0.05, 0) is 6.42 Å². The molecule has 4 nitrogen and oxygen atoms in total. The van der Waals surface area contributed by atoms with Gasteiger partial charge in [0.15, 0.2) is 0 Å². The molecule has 84 valence electrons. The molecule has 1 atom stereocenters. The van der Waals surface area contributed by atoms with Gasteiger partial charge in [-0.15, -0.1) is 0 Å². The third-order valence-corrected chi connectivity index (χ3v) is 2.23. The van der Waals surface area contributed by atoms with Crippen LogP contribution in [0.2, 0.25) is 0 Å². The van der Waals surface area contributed by atoms with Crippen molar-refractivity contribution in [2.45, 2.75) is 39.7 Å². The van der Waals surface area contributed by atoms with E-state index in [0.717, 1.165) is 12.8 Å². The minimum absolute atomic E-state index is 0.213. The smallest absolute Gasteiger partial charge is 0.249 e. The predicted molar refractivity (Wildman–Crippen MR) is 54.8 cm³/mol. The average Bonchev–Trinajstić information content (AvgIpc) is 2.17. The summed E-state index contributed by atoms with van der Waals surface area (Å²) in [6, 6.07) is 0. The zero-order valence-electron chi connectivity index (χ0n) is 9.21. The Morgan fingerprint density at radius 1 is 1.50 bits per heavy atom. The number of hydrogen-bond donors (Lipinski definition) is 3. The van der Waals surface area contributed by atoms with Gasteiger partial charge in [0.25, 0.3) is 0 Å². The summed E-state index contributed by atoms with van der Waals surface area (Å²) in [5, 5.41) is 21.1. The molecule has 0 fully saturated rings. The van der Waals surface area contributed by atoms with Gasteiger partial charge in [0.1, 0.15) is 6.10 Å². The van der Waals surface area contributed by atoms with Crippen molar-refractivity contribution in [3.05, 3.63) is 0 Å². The fourth-order valence-corrected chi connectivity index (χ4v) is 0.926. The Morgan fingerprint density at radius 2 is 2.07 bits per heavy atom. The van der Waals surface area contributed by atoms with Crippen molar-refractivity contribution < 1.29 is 15.0 Å². The number of unbranched alkanes of at least 4 members (excludes halogenated alkanes) is 1. The van der Waals surface area contributed by atoms with Crippen LogP contribution in [0.5, 0.6) is 0 Å². The molecule has 3 N–H and O–H groups in total. The van der Waals surface area contributed by atoms with Crippen LogP contribution in [0.25, 0.3) is 0 Å². The van der Waals surface area contributed by atoms with Gasteiger partial charge in [-0.2, -0.15) is 0 Å². The topological polar surface area (TPSA) is 69.6 Å². The van der Waals surface area contributed by atoms with Crippen LogP contribution in [-0.4, -0.2) is 35.4 Å². The second-order valence-corrected chi connectivity index (χ2v) is 4.19. The Labute approximate surface area is 85.3 Å². The molecule has 0 bridgehead atoms. The molecule has 0 unspecified atom stereocenters. The van der Waals surface area contributed by atoms with Crippen LogP contribution in [0.4, 0.5) is 0 Å². The molecular formula is C10H21NO3. The van der Waals surface area contributed by atoms with Crippen molar-refractivity contribution in [1.82, 2.24) is 5.32 Å². The van der Waals surface area contributed by atoms with Crippen molar-refractivity contribution in [3.63, 3.8) is 0 Å². The summed E-state index contributed by atoms with van der Waals surface area (Å²) in [5.74, 6) is -0.405. The monoisotopic (exact) mass is 203 g/mol. The fraction of sp³-hybridized carbons (Fsp3) is 0.900. The summed E-state index contributed by atoms with van der Waals surface area (Å²) >= 11 is 0. The molecule has 0 saturated heterocycles. The maximum atomic E-state index is 11.4. The zero-order chi connectivity index (χ0) is 11.2. The van der Waals surface area contributed by atoms with Gasteiger partial charge < -0.3 is 15.5 Å². The summed E-state index contributed by atoms with van der Waals surface area (Å²) in [5.41, 5.74) is -0.781. The minimum Gasteiger partial charge on any atom is -0.396 e. The van der Waals surface area contributed by atoms with E-state index >= 15 is 0 Å². The fourth-order valence-electron chi connectivity index (χ4n) is 0.926. The van der Waals surface area contributed by atoms with Gasteiger partial charge in [-0.25, -0.2) is 0 Å². The van der Waals surface area contributed by atoms with E-state index in [9.17, 15) is 9.90 Å². The molecule has 0 aromatic heterocycles. The number of aliphatic hydroxyl groups excluding tert-OH is 2. The first-order chi connectivity index (χ1) is 6.45. The largest absolute Gasteiger partial charge is 0.396 e. The number of amides is 1. The van der Waals surface area contributed by atoms with Crippen molar-refractivity contribution in [2.24, 2.45) is 5.41 Å². The molecule has 0 aliphatic carbocycles. The zero-order valence-corrected chi connectivity index (χ0v) is 9.21. The molecule has 1 amide bonds. The van der Waals surface area contributed by atoms with E-state index in [0.29, 0.717) is 6.54 Å². The maximum Gasteiger partial charge on any atom is 0.249 e. The number of aliphatic hydroxyl groups is 2. The summed E-state index contributed by atoms with van der Waals surface area (Å²) < 4.78 is 0. The van der Waals surface area contributed by atoms with Crippen molar-refractivity contribution in [2.75, 3.05) is 13.2 Å². The molecule has 0 radical (unpaired) electrons. The lowest BCUT2D eigenvalue weighted by Gasteiger charge is -2.27. The Balaban J connectivity index is 3.99. The molecule has 0 rings (SSSR count). The van der Waals surface area contributed by atoms with E-state index in [1.165, 1.54) is 0 Å². The van der Waals surface area contributed by atoms with E-state index in [-0.39, 0.29) is 6.61 Å². The molecule has 0 aliphatic heterocycles. The van der Waals surface area contributed by atoms with E-state index in [2.05, 4.69) is 5.32 Å². The highest BCUT2D eigenvalue weighted by molar-refractivity contribution is 5.81. The number of carbonyl (C=O) groups is 1. The number of rotatable bonds is 6. The Morgan fingerprint density at radius 3 is 2.50 bits per heavy atom. The van der Waals surface area contributed by atoms with Gasteiger partial charge in [-0.3, -0.25) is 4.79 Å². The third-order valence-electron chi connectivity index (χ3n) is 2.23. The van der Waals surface area contributed by atoms with Crippen LogP contribution in [0.3, 0.4) is 0 Å². The molecule has 0 saturated carbocycles. The molecule has 4 heteroatoms. The number of nitrogens with one attached hydrogen (secondary N) is 1. The van der Waals surface area contributed by atoms with Crippen LogP contribution in [0.1, 0.15) is 33.6 Å². The minimum atomic E-state index is -1.15. The Bertz CT molecular complexity index is 180. The van der Waals surface area contributed by atoms with Gasteiger partial charge in [0, 0.05) is 12.0 Å². The normalized spacial score (nSPS) is 13.8. The van der Waals surface area contributed by atoms with Crippen LogP contribution >= 0.6 is 0 Å². The molecule has 0 aromatic rings. The molecule has 0 spiro atoms. The third kappa shape index (κ3) is 4.07. The van der Waals surface area contributed by atoms with Crippen molar-refractivity contribution in [3.8, 4) is 0 Å². The lowest BCUT2D eigenvalue weighted by atomic mass is 9.87. The lowest BCUT2D eigenvalue weighted by Crippen LogP contribution is -2.45. The Hall–Kier alpha value is -0.610. The standard InChI is InChI=1S/C10H21NO3/c1-4-5-6-11-9(14)8(13)10(2,3)7-12/h8,12-13H,4-7H2,1-3H3,(H,11,14)/t8-/m1/s1. The van der Waals surface area contributed by atoms with E-state index < -0.39 is 17.4 Å². The molecular weight excluding hydrogens is 182 g/mol. The highest BCUT2D eigenvalue weighted by atomic mass is 16.3. The first kappa shape index (κ1) is 13.4. The first-order valence-electron chi connectivity index (χ1n) is 5.02. The summed E-state index contributed by atoms with van der Waals surface area (Å²) in [6.07, 6.45) is 0.752. The number of hydrogen-bond acceptors (Lipinski definition) is 3. The molecule has 0 aliphatic rings. The van der Waals surface area contributed by atoms with Crippen LogP contribution in [0, 0.1) is 5.41 Å².